The van der Waals surface area contributed by atoms with Gasteiger partial charge in [0.1, 0.15) is 11.3 Å². The van der Waals surface area contributed by atoms with E-state index in [9.17, 15) is 4.79 Å². The topological polar surface area (TPSA) is 79.8 Å². The van der Waals surface area contributed by atoms with Crippen molar-refractivity contribution < 1.29 is 4.79 Å². The van der Waals surface area contributed by atoms with Gasteiger partial charge in [-0.3, -0.25) is 10.3 Å². The number of urea groups is 1. The van der Waals surface area contributed by atoms with Crippen LogP contribution in [0.25, 0.3) is 16.7 Å². The van der Waals surface area contributed by atoms with Crippen LogP contribution in [-0.4, -0.2) is 27.5 Å². The second kappa shape index (κ2) is 5.70. The first-order valence-electron chi connectivity index (χ1n) is 6.81. The molecule has 0 radical (unpaired) electrons. The number of nitrogens with zero attached hydrogens (tertiary/aromatic N) is 3. The van der Waals surface area contributed by atoms with Gasteiger partial charge >= 0.3 is 6.03 Å². The van der Waals surface area contributed by atoms with Gasteiger partial charge in [-0.2, -0.15) is 0 Å². The number of carbonyl (C=O) groups is 1. The van der Waals surface area contributed by atoms with Crippen LogP contribution in [0.5, 0.6) is 0 Å². The summed E-state index contributed by atoms with van der Waals surface area (Å²) in [5, 5.41) is 5.32. The summed E-state index contributed by atoms with van der Waals surface area (Å²) in [7, 11) is 0. The molecule has 2 heterocycles. The molecule has 0 bridgehead atoms. The van der Waals surface area contributed by atoms with Gasteiger partial charge in [0, 0.05) is 6.54 Å². The Hall–Kier alpha value is -2.76. The molecule has 0 unspecified atom stereocenters. The van der Waals surface area contributed by atoms with E-state index in [-0.39, 0.29) is 6.03 Å². The quantitative estimate of drug-likeness (QED) is 0.906. The van der Waals surface area contributed by atoms with Crippen LogP contribution in [0, 0.1) is 0 Å². The molecular weight excluding hydrogens is 266 g/mol. The highest BCUT2D eigenvalue weighted by molar-refractivity contribution is 5.89. The molecule has 106 valence electrons. The number of pyridine rings is 1. The van der Waals surface area contributed by atoms with Gasteiger partial charge in [-0.05, 0) is 31.1 Å². The number of amides is 2. The first-order chi connectivity index (χ1) is 10.3. The molecule has 2 N–H and O–H groups in total. The maximum absolute atomic E-state index is 11.5. The van der Waals surface area contributed by atoms with Crippen LogP contribution in [0.1, 0.15) is 19.0 Å². The third kappa shape index (κ3) is 2.89. The fraction of sp³-hybridized carbons (Fsp3) is 0.200. The predicted molar refractivity (Wildman–Crippen MR) is 81.8 cm³/mol. The molecule has 0 atom stereocenters. The summed E-state index contributed by atoms with van der Waals surface area (Å²) >= 11 is 0. The SMILES string of the molecule is CCNC(=O)Nc1ccc2ncc(C3=CC=CC3)nc2n1. The van der Waals surface area contributed by atoms with Crippen LogP contribution < -0.4 is 10.6 Å². The van der Waals surface area contributed by atoms with E-state index in [0.29, 0.717) is 23.5 Å². The largest absolute Gasteiger partial charge is 0.338 e. The van der Waals surface area contributed by atoms with E-state index in [2.05, 4.69) is 31.7 Å². The minimum atomic E-state index is -0.281. The first-order valence-corrected chi connectivity index (χ1v) is 6.81. The highest BCUT2D eigenvalue weighted by atomic mass is 16.2. The predicted octanol–water partition coefficient (Wildman–Crippen LogP) is 2.51. The third-order valence-corrected chi connectivity index (χ3v) is 3.09. The van der Waals surface area contributed by atoms with Crippen molar-refractivity contribution in [2.75, 3.05) is 11.9 Å². The lowest BCUT2D eigenvalue weighted by Crippen LogP contribution is -2.28. The lowest BCUT2D eigenvalue weighted by Gasteiger charge is -2.06. The lowest BCUT2D eigenvalue weighted by atomic mass is 10.2. The molecule has 2 aromatic rings. The molecule has 21 heavy (non-hydrogen) atoms. The Morgan fingerprint density at radius 3 is 3.00 bits per heavy atom. The molecule has 6 heteroatoms. The Balaban J connectivity index is 1.90. The van der Waals surface area contributed by atoms with E-state index in [4.69, 9.17) is 0 Å². The summed E-state index contributed by atoms with van der Waals surface area (Å²) in [4.78, 5) is 24.7. The average molecular weight is 281 g/mol. The molecule has 0 aromatic carbocycles. The first kappa shape index (κ1) is 13.2. The number of carbonyl (C=O) groups excluding carboxylic acids is 1. The highest BCUT2D eigenvalue weighted by Gasteiger charge is 2.09. The zero-order valence-corrected chi connectivity index (χ0v) is 11.6. The minimum Gasteiger partial charge on any atom is -0.338 e. The van der Waals surface area contributed by atoms with E-state index in [0.717, 1.165) is 17.7 Å². The number of hydrogen-bond acceptors (Lipinski definition) is 4. The van der Waals surface area contributed by atoms with Gasteiger partial charge in [-0.15, -0.1) is 0 Å². The maximum atomic E-state index is 11.5. The molecule has 2 amide bonds. The Morgan fingerprint density at radius 1 is 1.33 bits per heavy atom. The minimum absolute atomic E-state index is 0.281. The third-order valence-electron chi connectivity index (χ3n) is 3.09. The number of allylic oxidation sites excluding steroid dienone is 4. The lowest BCUT2D eigenvalue weighted by molar-refractivity contribution is 0.252. The molecule has 0 aliphatic heterocycles. The molecule has 0 saturated carbocycles. The normalized spacial score (nSPS) is 13.3. The van der Waals surface area contributed by atoms with E-state index in [1.165, 1.54) is 0 Å². The van der Waals surface area contributed by atoms with E-state index < -0.39 is 0 Å². The van der Waals surface area contributed by atoms with Gasteiger partial charge in [0.15, 0.2) is 5.65 Å². The van der Waals surface area contributed by atoms with Gasteiger partial charge < -0.3 is 5.32 Å². The zero-order valence-electron chi connectivity index (χ0n) is 11.6. The number of aromatic nitrogens is 3. The second-order valence-electron chi connectivity index (χ2n) is 4.60. The molecule has 0 fully saturated rings. The number of hydrogen-bond donors (Lipinski definition) is 2. The van der Waals surface area contributed by atoms with Crippen LogP contribution in [-0.2, 0) is 0 Å². The molecular formula is C15H15N5O. The summed E-state index contributed by atoms with van der Waals surface area (Å²) in [6, 6.07) is 3.22. The summed E-state index contributed by atoms with van der Waals surface area (Å²) in [6.07, 6.45) is 8.70. The van der Waals surface area contributed by atoms with Crippen molar-refractivity contribution in [3.05, 3.63) is 42.3 Å². The molecule has 0 saturated heterocycles. The van der Waals surface area contributed by atoms with Crippen molar-refractivity contribution in [2.45, 2.75) is 13.3 Å². The van der Waals surface area contributed by atoms with Crippen molar-refractivity contribution >= 4 is 28.6 Å². The van der Waals surface area contributed by atoms with Crippen LogP contribution in [0.4, 0.5) is 10.6 Å². The zero-order chi connectivity index (χ0) is 14.7. The molecule has 0 spiro atoms. The Labute approximate surface area is 122 Å². The maximum Gasteiger partial charge on any atom is 0.320 e. The average Bonchev–Trinajstić information content (AvgIpc) is 3.01. The number of anilines is 1. The van der Waals surface area contributed by atoms with Gasteiger partial charge in [0.25, 0.3) is 0 Å². The van der Waals surface area contributed by atoms with Crippen LogP contribution in [0.15, 0.2) is 36.6 Å². The monoisotopic (exact) mass is 281 g/mol. The van der Waals surface area contributed by atoms with Crippen molar-refractivity contribution in [1.82, 2.24) is 20.3 Å². The smallest absolute Gasteiger partial charge is 0.320 e. The van der Waals surface area contributed by atoms with E-state index in [1.807, 2.05) is 19.1 Å². The second-order valence-corrected chi connectivity index (χ2v) is 4.60. The van der Waals surface area contributed by atoms with Crippen LogP contribution >= 0.6 is 0 Å². The van der Waals surface area contributed by atoms with E-state index >= 15 is 0 Å². The highest BCUT2D eigenvalue weighted by Crippen LogP contribution is 2.22. The number of rotatable bonds is 3. The van der Waals surface area contributed by atoms with Crippen LogP contribution in [0.3, 0.4) is 0 Å². The Morgan fingerprint density at radius 2 is 2.24 bits per heavy atom. The molecule has 1 aliphatic rings. The summed E-state index contributed by atoms with van der Waals surface area (Å²) in [5.41, 5.74) is 3.16. The summed E-state index contributed by atoms with van der Waals surface area (Å²) in [5.74, 6) is 0.457. The van der Waals surface area contributed by atoms with Gasteiger partial charge in [0.2, 0.25) is 0 Å². The molecule has 2 aromatic heterocycles. The fourth-order valence-corrected chi connectivity index (χ4v) is 2.08. The summed E-state index contributed by atoms with van der Waals surface area (Å²) in [6.45, 7) is 2.42. The van der Waals surface area contributed by atoms with Crippen molar-refractivity contribution in [3.8, 4) is 0 Å². The van der Waals surface area contributed by atoms with E-state index in [1.54, 1.807) is 18.3 Å². The van der Waals surface area contributed by atoms with Gasteiger partial charge in [0.05, 0.1) is 11.9 Å². The van der Waals surface area contributed by atoms with Gasteiger partial charge in [-0.1, -0.05) is 18.2 Å². The standard InChI is InChI=1S/C15H15N5O/c1-2-16-15(21)20-13-8-7-11-14(19-13)18-12(9-17-11)10-5-3-4-6-10/h3-5,7-9H,2,6H2,1H3,(H2,16,18,19,20,21). The Kier molecular flexibility index (Phi) is 3.59. The summed E-state index contributed by atoms with van der Waals surface area (Å²) < 4.78 is 0. The van der Waals surface area contributed by atoms with Crippen molar-refractivity contribution in [3.63, 3.8) is 0 Å². The van der Waals surface area contributed by atoms with Crippen molar-refractivity contribution in [1.29, 1.82) is 0 Å². The Bertz CT molecular complexity index is 751. The van der Waals surface area contributed by atoms with Crippen LogP contribution in [0.2, 0.25) is 0 Å². The van der Waals surface area contributed by atoms with Gasteiger partial charge in [-0.25, -0.2) is 14.8 Å². The molecule has 6 nitrogen and oxygen atoms in total. The molecule has 3 rings (SSSR count). The molecule has 1 aliphatic carbocycles. The number of nitrogens with one attached hydrogen (secondary N) is 2. The fourth-order valence-electron chi connectivity index (χ4n) is 2.08. The number of fused-ring (bicyclic) bond motifs is 1. The van der Waals surface area contributed by atoms with Crippen molar-refractivity contribution in [2.24, 2.45) is 0 Å².